The van der Waals surface area contributed by atoms with Crippen molar-refractivity contribution in [3.05, 3.63) is 78.5 Å². The lowest BCUT2D eigenvalue weighted by Gasteiger charge is -2.25. The smallest absolute Gasteiger partial charge is 0.338 e. The molecule has 0 fully saturated rings. The maximum absolute atomic E-state index is 13.9. The van der Waals surface area contributed by atoms with Gasteiger partial charge in [-0.1, -0.05) is 17.4 Å². The van der Waals surface area contributed by atoms with E-state index in [0.29, 0.717) is 49.2 Å². The normalized spacial score (nSPS) is 15.1. The molecule has 1 atom stereocenters. The van der Waals surface area contributed by atoms with Crippen molar-refractivity contribution >= 4 is 23.4 Å². The van der Waals surface area contributed by atoms with E-state index in [2.05, 4.69) is 4.99 Å². The van der Waals surface area contributed by atoms with Crippen molar-refractivity contribution < 1.29 is 28.5 Å². The second-order valence-electron chi connectivity index (χ2n) is 8.99. The van der Waals surface area contributed by atoms with Gasteiger partial charge in [0.25, 0.3) is 5.56 Å². The van der Waals surface area contributed by atoms with Crippen LogP contribution in [0, 0.1) is 0 Å². The van der Waals surface area contributed by atoms with Crippen molar-refractivity contribution in [3.8, 4) is 23.0 Å². The lowest BCUT2D eigenvalue weighted by Crippen LogP contribution is -2.40. The average molecular weight is 553 g/mol. The number of ether oxygens (including phenoxy) is 5. The van der Waals surface area contributed by atoms with Gasteiger partial charge in [0.15, 0.2) is 16.3 Å². The van der Waals surface area contributed by atoms with Crippen LogP contribution in [-0.2, 0) is 9.53 Å². The number of rotatable bonds is 9. The SMILES string of the molecule is CCOC(=O)C1=C(C)N=c2s/c(=C/c3cc(OC)ccc3OC)c(=O)n2[C@@H]1c1ccc(OC(C)C)c(OC)c1. The van der Waals surface area contributed by atoms with Crippen LogP contribution >= 0.6 is 11.3 Å². The molecule has 1 aromatic heterocycles. The molecular weight excluding hydrogens is 520 g/mol. The molecule has 0 amide bonds. The molecule has 2 aromatic carbocycles. The van der Waals surface area contributed by atoms with Crippen LogP contribution in [0.2, 0.25) is 0 Å². The maximum Gasteiger partial charge on any atom is 0.338 e. The maximum atomic E-state index is 13.9. The van der Waals surface area contributed by atoms with Crippen molar-refractivity contribution in [2.75, 3.05) is 27.9 Å². The Hall–Kier alpha value is -4.05. The zero-order valence-corrected chi connectivity index (χ0v) is 23.9. The minimum Gasteiger partial charge on any atom is -0.497 e. The number of nitrogens with zero attached hydrogens (tertiary/aromatic N) is 2. The van der Waals surface area contributed by atoms with Crippen LogP contribution < -0.4 is 33.8 Å². The standard InChI is InChI=1S/C29H32N2O7S/c1-8-37-28(33)25-17(4)30-29-31(26(25)18-9-11-22(38-16(2)3)23(14-18)36-7)27(32)24(39-29)15-19-13-20(34-5)10-12-21(19)35-6/h9-16,26H,8H2,1-7H3/b24-15+/t26-/m1/s1. The van der Waals surface area contributed by atoms with Gasteiger partial charge in [-0.15, -0.1) is 0 Å². The number of thiazole rings is 1. The predicted molar refractivity (Wildman–Crippen MR) is 149 cm³/mol. The van der Waals surface area contributed by atoms with Crippen LogP contribution in [0.15, 0.2) is 57.5 Å². The molecule has 4 rings (SSSR count). The van der Waals surface area contributed by atoms with E-state index in [9.17, 15) is 9.59 Å². The van der Waals surface area contributed by atoms with Crippen LogP contribution in [0.1, 0.15) is 44.9 Å². The molecule has 206 valence electrons. The second-order valence-corrected chi connectivity index (χ2v) is 10.00. The van der Waals surface area contributed by atoms with Crippen molar-refractivity contribution in [3.63, 3.8) is 0 Å². The van der Waals surface area contributed by atoms with Crippen molar-refractivity contribution in [1.82, 2.24) is 4.57 Å². The number of allylic oxidation sites excluding steroid dienone is 1. The molecule has 0 bridgehead atoms. The molecule has 0 spiro atoms. The van der Waals surface area contributed by atoms with Gasteiger partial charge in [0.1, 0.15) is 11.5 Å². The molecule has 0 N–H and O–H groups in total. The fourth-order valence-electron chi connectivity index (χ4n) is 4.41. The van der Waals surface area contributed by atoms with Gasteiger partial charge in [0.05, 0.1) is 55.9 Å². The summed E-state index contributed by atoms with van der Waals surface area (Å²) < 4.78 is 29.7. The highest BCUT2D eigenvalue weighted by molar-refractivity contribution is 7.07. The fourth-order valence-corrected chi connectivity index (χ4v) is 5.44. The number of hydrogen-bond donors (Lipinski definition) is 0. The topological polar surface area (TPSA) is 97.6 Å². The highest BCUT2D eigenvalue weighted by atomic mass is 32.1. The van der Waals surface area contributed by atoms with Crippen LogP contribution in [-0.4, -0.2) is 44.6 Å². The average Bonchev–Trinajstić information content (AvgIpc) is 3.21. The first-order chi connectivity index (χ1) is 18.7. The highest BCUT2D eigenvalue weighted by Gasteiger charge is 2.34. The molecule has 0 unspecified atom stereocenters. The number of benzene rings is 2. The summed E-state index contributed by atoms with van der Waals surface area (Å²) >= 11 is 1.23. The van der Waals surface area contributed by atoms with Gasteiger partial charge < -0.3 is 23.7 Å². The largest absolute Gasteiger partial charge is 0.497 e. The Morgan fingerprint density at radius 2 is 1.77 bits per heavy atom. The number of carbonyl (C=O) groups excluding carboxylic acids is 1. The van der Waals surface area contributed by atoms with E-state index in [1.165, 1.54) is 15.9 Å². The van der Waals surface area contributed by atoms with Gasteiger partial charge in [-0.25, -0.2) is 9.79 Å². The van der Waals surface area contributed by atoms with Gasteiger partial charge >= 0.3 is 5.97 Å². The first kappa shape index (κ1) is 28.0. The van der Waals surface area contributed by atoms with E-state index in [1.54, 1.807) is 71.6 Å². The Morgan fingerprint density at radius 3 is 2.41 bits per heavy atom. The van der Waals surface area contributed by atoms with E-state index in [-0.39, 0.29) is 23.8 Å². The highest BCUT2D eigenvalue weighted by Crippen LogP contribution is 2.36. The number of hydrogen-bond acceptors (Lipinski definition) is 9. The van der Waals surface area contributed by atoms with Crippen LogP contribution in [0.3, 0.4) is 0 Å². The Balaban J connectivity index is 1.96. The summed E-state index contributed by atoms with van der Waals surface area (Å²) in [7, 11) is 4.69. The summed E-state index contributed by atoms with van der Waals surface area (Å²) in [6.07, 6.45) is 1.68. The number of aromatic nitrogens is 1. The molecule has 3 aromatic rings. The molecule has 0 radical (unpaired) electrons. The number of esters is 1. The summed E-state index contributed by atoms with van der Waals surface area (Å²) in [5, 5.41) is 0. The molecule has 0 saturated heterocycles. The predicted octanol–water partition coefficient (Wildman–Crippen LogP) is 3.61. The summed E-state index contributed by atoms with van der Waals surface area (Å²) in [6.45, 7) is 7.52. The lowest BCUT2D eigenvalue weighted by molar-refractivity contribution is -0.139. The zero-order valence-electron chi connectivity index (χ0n) is 23.1. The van der Waals surface area contributed by atoms with E-state index in [4.69, 9.17) is 23.7 Å². The summed E-state index contributed by atoms with van der Waals surface area (Å²) in [5.74, 6) is 1.74. The quantitative estimate of drug-likeness (QED) is 0.374. The van der Waals surface area contributed by atoms with Crippen LogP contribution in [0.25, 0.3) is 6.08 Å². The third-order valence-electron chi connectivity index (χ3n) is 6.11. The molecule has 39 heavy (non-hydrogen) atoms. The summed E-state index contributed by atoms with van der Waals surface area (Å²) in [6, 6.07) is 9.96. The second kappa shape index (κ2) is 11.8. The zero-order chi connectivity index (χ0) is 28.3. The fraction of sp³-hybridized carbons (Fsp3) is 0.345. The lowest BCUT2D eigenvalue weighted by atomic mass is 9.95. The summed E-state index contributed by atoms with van der Waals surface area (Å²) in [4.78, 5) is 32.2. The number of methoxy groups -OCH3 is 3. The van der Waals surface area contributed by atoms with Gasteiger partial charge in [-0.2, -0.15) is 0 Å². The summed E-state index contributed by atoms with van der Waals surface area (Å²) in [5.41, 5.74) is 1.80. The van der Waals surface area contributed by atoms with Crippen molar-refractivity contribution in [1.29, 1.82) is 0 Å². The van der Waals surface area contributed by atoms with Crippen LogP contribution in [0.4, 0.5) is 0 Å². The minimum atomic E-state index is -0.781. The molecule has 1 aliphatic heterocycles. The van der Waals surface area contributed by atoms with Gasteiger partial charge in [-0.3, -0.25) is 9.36 Å². The van der Waals surface area contributed by atoms with E-state index in [0.717, 1.165) is 0 Å². The first-order valence-corrected chi connectivity index (χ1v) is 13.3. The monoisotopic (exact) mass is 552 g/mol. The number of carbonyl (C=O) groups is 1. The molecule has 9 nitrogen and oxygen atoms in total. The van der Waals surface area contributed by atoms with Crippen molar-refractivity contribution in [2.45, 2.75) is 39.8 Å². The van der Waals surface area contributed by atoms with E-state index < -0.39 is 12.0 Å². The Kier molecular flexibility index (Phi) is 8.44. The third-order valence-corrected chi connectivity index (χ3v) is 7.09. The Labute approximate surface area is 230 Å². The minimum absolute atomic E-state index is 0.0618. The Morgan fingerprint density at radius 1 is 1.05 bits per heavy atom. The molecule has 0 saturated carbocycles. The number of fused-ring (bicyclic) bond motifs is 1. The van der Waals surface area contributed by atoms with Gasteiger partial charge in [0, 0.05) is 5.56 Å². The van der Waals surface area contributed by atoms with Gasteiger partial charge in [-0.05, 0) is 69.7 Å². The van der Waals surface area contributed by atoms with Crippen LogP contribution in [0.5, 0.6) is 23.0 Å². The molecule has 10 heteroatoms. The molecule has 1 aliphatic rings. The van der Waals surface area contributed by atoms with E-state index in [1.807, 2.05) is 19.9 Å². The molecule has 0 aliphatic carbocycles. The first-order valence-electron chi connectivity index (χ1n) is 12.5. The Bertz CT molecular complexity index is 1600. The molecule has 2 heterocycles. The third kappa shape index (κ3) is 5.56. The van der Waals surface area contributed by atoms with E-state index >= 15 is 0 Å². The van der Waals surface area contributed by atoms with Crippen molar-refractivity contribution in [2.24, 2.45) is 4.99 Å². The van der Waals surface area contributed by atoms with Gasteiger partial charge in [0.2, 0.25) is 0 Å². The molecular formula is C29H32N2O7S.